The van der Waals surface area contributed by atoms with Crippen LogP contribution in [0.2, 0.25) is 0 Å². The van der Waals surface area contributed by atoms with Gasteiger partial charge in [-0.2, -0.15) is 0 Å². The van der Waals surface area contributed by atoms with E-state index < -0.39 is 228 Å². The molecule has 6 aromatic carbocycles. The first kappa shape index (κ1) is 74.3. The van der Waals surface area contributed by atoms with Crippen molar-refractivity contribution in [2.24, 2.45) is 11.8 Å². The number of ether oxygens (including phenoxy) is 10. The summed E-state index contributed by atoms with van der Waals surface area (Å²) < 4.78 is 71.7. The van der Waals surface area contributed by atoms with Crippen LogP contribution in [0.1, 0.15) is 36.8 Å². The highest BCUT2D eigenvalue weighted by Crippen LogP contribution is 2.59. The first-order chi connectivity index (χ1) is 50.5. The summed E-state index contributed by atoms with van der Waals surface area (Å²) in [5, 5.41) is 196. The van der Waals surface area contributed by atoms with E-state index in [0.29, 0.717) is 0 Å². The Morgan fingerprint density at radius 1 is 0.377 bits per heavy atom. The van der Waals surface area contributed by atoms with E-state index in [1.54, 1.807) is 0 Å². The molecule has 0 amide bonds. The zero-order valence-electron chi connectivity index (χ0n) is 55.4. The second-order valence-corrected chi connectivity index (χ2v) is 26.3. The largest absolute Gasteiger partial charge is 0.508 e. The number of rotatable bonds is 18. The van der Waals surface area contributed by atoms with Crippen molar-refractivity contribution < 1.29 is 158 Å². The van der Waals surface area contributed by atoms with Gasteiger partial charge in [0.15, 0.2) is 36.3 Å². The fraction of sp³-hybridized carbons (Fsp3) is 0.389. The number of aliphatic hydroxyl groups excluding tert-OH is 10. The molecule has 13 rings (SSSR count). The number of hydrogen-bond donors (Lipinski definition) is 18. The minimum atomic E-state index is -2.21. The van der Waals surface area contributed by atoms with Crippen molar-refractivity contribution >= 4 is 33.9 Å². The Bertz CT molecular complexity index is 4350. The normalized spacial score (nSPS) is 32.4. The first-order valence-electron chi connectivity index (χ1n) is 33.1. The van der Waals surface area contributed by atoms with E-state index in [1.807, 2.05) is 0 Å². The van der Waals surface area contributed by atoms with Crippen LogP contribution in [0.3, 0.4) is 0 Å². The first-order valence-corrected chi connectivity index (χ1v) is 33.1. The Morgan fingerprint density at radius 2 is 0.708 bits per heavy atom. The molecule has 20 atom stereocenters. The van der Waals surface area contributed by atoms with Crippen LogP contribution < -0.4 is 20.3 Å². The molecule has 0 spiro atoms. The maximum atomic E-state index is 15.0. The Hall–Kier alpha value is -9.96. The highest BCUT2D eigenvalue weighted by molar-refractivity contribution is 5.90. The Morgan fingerprint density at radius 3 is 1.05 bits per heavy atom. The lowest BCUT2D eigenvalue weighted by atomic mass is 9.52. The van der Waals surface area contributed by atoms with Gasteiger partial charge in [-0.25, -0.2) is 0 Å². The van der Waals surface area contributed by atoms with E-state index in [0.717, 1.165) is 24.3 Å². The topological polar surface area (TPSA) is 551 Å². The molecule has 18 N–H and O–H groups in total. The molecule has 4 saturated heterocycles. The molecule has 5 fully saturated rings. The number of aromatic hydroxyl groups is 8. The van der Waals surface area contributed by atoms with E-state index in [-0.39, 0.29) is 67.9 Å². The number of carbonyl (C=O) groups excluding carboxylic acids is 2. The van der Waals surface area contributed by atoms with Gasteiger partial charge < -0.3 is 148 Å². The fourth-order valence-electron chi connectivity index (χ4n) is 13.8. The summed E-state index contributed by atoms with van der Waals surface area (Å²) in [7, 11) is 0. The Balaban J connectivity index is 0.741. The van der Waals surface area contributed by atoms with E-state index in [9.17, 15) is 111 Å². The average molecular weight is 1480 g/mol. The molecule has 4 aliphatic heterocycles. The lowest BCUT2D eigenvalue weighted by Crippen LogP contribution is -2.64. The van der Waals surface area contributed by atoms with Crippen molar-refractivity contribution in [2.75, 3.05) is 13.2 Å². The monoisotopic (exact) mass is 1480 g/mol. The maximum Gasteiger partial charge on any atom is 0.310 e. The second-order valence-electron chi connectivity index (χ2n) is 26.3. The second kappa shape index (κ2) is 29.8. The van der Waals surface area contributed by atoms with Gasteiger partial charge in [0, 0.05) is 47.2 Å². The highest BCUT2D eigenvalue weighted by atomic mass is 16.8. The van der Waals surface area contributed by atoms with Gasteiger partial charge in [0.2, 0.25) is 34.9 Å². The van der Waals surface area contributed by atoms with Crippen LogP contribution in [0, 0.1) is 11.8 Å². The van der Waals surface area contributed by atoms with Gasteiger partial charge in [-0.05, 0) is 97.8 Å². The average Bonchev–Trinajstić information content (AvgIpc) is 0.702. The van der Waals surface area contributed by atoms with Crippen molar-refractivity contribution in [1.29, 1.82) is 0 Å². The van der Waals surface area contributed by atoms with Crippen molar-refractivity contribution in [3.63, 3.8) is 0 Å². The Labute approximate surface area is 596 Å². The predicted octanol–water partition coefficient (Wildman–Crippen LogP) is 0.555. The number of fused-ring (bicyclic) bond motifs is 2. The lowest BCUT2D eigenvalue weighted by Gasteiger charge is -2.50. The van der Waals surface area contributed by atoms with Crippen LogP contribution in [-0.4, -0.2) is 240 Å². The zero-order valence-corrected chi connectivity index (χ0v) is 55.4. The molecule has 2 aromatic heterocycles. The Kier molecular flexibility index (Phi) is 20.9. The van der Waals surface area contributed by atoms with Gasteiger partial charge in [-0.1, -0.05) is 24.3 Å². The molecular formula is C72H72O34. The molecule has 0 bridgehead atoms. The third-order valence-corrected chi connectivity index (χ3v) is 19.5. The number of benzene rings is 6. The van der Waals surface area contributed by atoms with E-state index in [4.69, 9.17) is 56.2 Å². The van der Waals surface area contributed by atoms with Crippen LogP contribution >= 0.6 is 0 Å². The smallest absolute Gasteiger partial charge is 0.310 e. The molecule has 0 unspecified atom stereocenters. The number of esters is 2. The molecule has 6 heterocycles. The van der Waals surface area contributed by atoms with Crippen LogP contribution in [0.5, 0.6) is 57.5 Å². The highest BCUT2D eigenvalue weighted by Gasteiger charge is 2.61. The third kappa shape index (κ3) is 14.1. The minimum Gasteiger partial charge on any atom is -0.508 e. The molecule has 1 saturated carbocycles. The van der Waals surface area contributed by atoms with Gasteiger partial charge in [0.05, 0.1) is 24.0 Å². The fourth-order valence-corrected chi connectivity index (χ4v) is 13.8. The molecular weight excluding hydrogens is 1410 g/mol. The predicted molar refractivity (Wildman–Crippen MR) is 353 cm³/mol. The van der Waals surface area contributed by atoms with Crippen molar-refractivity contribution in [3.05, 3.63) is 153 Å². The molecule has 34 heteroatoms. The van der Waals surface area contributed by atoms with Crippen LogP contribution in [0.25, 0.3) is 44.6 Å². The van der Waals surface area contributed by atoms with Crippen LogP contribution in [-0.2, 0) is 47.5 Å². The maximum absolute atomic E-state index is 15.0. The van der Waals surface area contributed by atoms with Crippen molar-refractivity contribution in [2.45, 2.75) is 149 Å². The van der Waals surface area contributed by atoms with Crippen LogP contribution in [0.4, 0.5) is 0 Å². The summed E-state index contributed by atoms with van der Waals surface area (Å²) in [5.41, 5.74) is -2.19. The molecule has 5 aliphatic rings. The summed E-state index contributed by atoms with van der Waals surface area (Å²) in [5.74, 6) is -13.2. The summed E-state index contributed by atoms with van der Waals surface area (Å²) in [6.45, 7) is 0.675. The number of carbonyl (C=O) groups is 2. The van der Waals surface area contributed by atoms with E-state index in [2.05, 4.69) is 0 Å². The molecule has 564 valence electrons. The van der Waals surface area contributed by atoms with E-state index >= 15 is 0 Å². The van der Waals surface area contributed by atoms with Gasteiger partial charge >= 0.3 is 11.9 Å². The summed E-state index contributed by atoms with van der Waals surface area (Å²) in [6.07, 6.45) is -39.2. The standard InChI is InChI=1S/C72H72O34/c1-25-49(81)57(89)65(71(97-25)103-63-53(85)45-37(79)19-35(77)21-39(45)99-61(63)29-7-15-33(75)16-8-29)105-69-59(91)55(87)51(83)41(101-69)23-95-67(93)47-43(27-3-11-31(73)12-4-27)48(44(47)28-5-13-32(74)14-6-28)68(94)96-24-42-52(84)56(88)60(92)70(102-42)106-66-58(90)50(82)26(2)98-72(66)104-64-54(86)46-38(80)20-36(78)22-40(46)100-62(64)30-9-17-34(76)18-10-30/h3-22,25-26,41-44,47-52,55-60,65-66,69-84,87-92H,23-24H2,1-2H3/t25-,26-,41+,42+,43?,44?,47?,48?,49-,50-,51+,52+,55-,56-,57+,58+,59+,60+,65+,66+,69-,70-,71-,72-/m0/s1. The zero-order chi connectivity index (χ0) is 75.8. The number of phenolic OH excluding ortho intramolecular Hbond substituents is 8. The summed E-state index contributed by atoms with van der Waals surface area (Å²) in [6, 6.07) is 24.4. The summed E-state index contributed by atoms with van der Waals surface area (Å²) >= 11 is 0. The lowest BCUT2D eigenvalue weighted by molar-refractivity contribution is -0.355. The molecule has 106 heavy (non-hydrogen) atoms. The minimum absolute atomic E-state index is 0.0854. The van der Waals surface area contributed by atoms with Gasteiger partial charge in [0.1, 0.15) is 154 Å². The van der Waals surface area contributed by atoms with Gasteiger partial charge in [-0.3, -0.25) is 19.2 Å². The number of aliphatic hydroxyl groups is 10. The van der Waals surface area contributed by atoms with Gasteiger partial charge in [0.25, 0.3) is 0 Å². The van der Waals surface area contributed by atoms with Gasteiger partial charge in [-0.15, -0.1) is 0 Å². The molecule has 1 aliphatic carbocycles. The summed E-state index contributed by atoms with van der Waals surface area (Å²) in [4.78, 5) is 58.6. The number of phenols is 8. The van der Waals surface area contributed by atoms with Crippen LogP contribution in [0.15, 0.2) is 140 Å². The van der Waals surface area contributed by atoms with Crippen molar-refractivity contribution in [1.82, 2.24) is 0 Å². The molecule has 0 radical (unpaired) electrons. The SMILES string of the molecule is C[C@@H]1O[C@@H](Oc2c(-c3ccc(O)cc3)oc3cc(O)cc(O)c3c2=O)[C@H](O[C@@H]2O[C@H](COC(=O)C3C(c4ccc(O)cc4)C(C(=O)OC[C@H]4O[C@@H](O[C@H]5[C@H](Oc6c(-c7ccc(O)cc7)oc7cc(O)cc(O)c7c6=O)O[C@@H](C)[C@H](O)[C@H]5O)[C@H](O)[C@@H](O)[C@@H]4O)C3c3ccc(O)cc3)[C@@H](O)[C@H](O)[C@H]2O)[C@H](O)[C@H]1O. The van der Waals surface area contributed by atoms with Crippen molar-refractivity contribution in [3.8, 4) is 80.1 Å². The molecule has 34 nitrogen and oxygen atoms in total. The third-order valence-electron chi connectivity index (χ3n) is 19.5. The molecule has 8 aromatic rings. The van der Waals surface area contributed by atoms with E-state index in [1.165, 1.54) is 111 Å². The quantitative estimate of drug-likeness (QED) is 0.0522. The number of hydrogen-bond acceptors (Lipinski definition) is 34.